The summed E-state index contributed by atoms with van der Waals surface area (Å²) < 4.78 is 5.64. The molecule has 0 aliphatic heterocycles. The van der Waals surface area contributed by atoms with E-state index < -0.39 is 0 Å². The predicted octanol–water partition coefficient (Wildman–Crippen LogP) is 3.27. The van der Waals surface area contributed by atoms with Crippen molar-refractivity contribution in [2.45, 2.75) is 43.8 Å². The minimum atomic E-state index is 0.0774. The van der Waals surface area contributed by atoms with Gasteiger partial charge in [0.15, 0.2) is 5.82 Å². The smallest absolute Gasteiger partial charge is 0.230 e. The van der Waals surface area contributed by atoms with Crippen LogP contribution >= 0.6 is 11.8 Å². The van der Waals surface area contributed by atoms with E-state index in [1.807, 2.05) is 31.2 Å². The van der Waals surface area contributed by atoms with Crippen LogP contribution in [0.2, 0.25) is 0 Å². The number of carbonyl (C=O) groups excluding carboxylic acids is 1. The summed E-state index contributed by atoms with van der Waals surface area (Å²) in [7, 11) is 0. The van der Waals surface area contributed by atoms with Crippen molar-refractivity contribution in [2.24, 2.45) is 11.8 Å². The van der Waals surface area contributed by atoms with Gasteiger partial charge in [0.1, 0.15) is 5.75 Å². The number of aromatic nitrogens is 3. The number of amides is 1. The summed E-state index contributed by atoms with van der Waals surface area (Å²) in [5.74, 6) is 3.38. The highest BCUT2D eigenvalue weighted by atomic mass is 32.2. The zero-order chi connectivity index (χ0) is 17.9. The lowest BCUT2D eigenvalue weighted by molar-refractivity contribution is -0.119. The maximum atomic E-state index is 12.2. The number of aromatic amines is 1. The molecule has 2 aliphatic carbocycles. The summed E-state index contributed by atoms with van der Waals surface area (Å²) in [4.78, 5) is 16.7. The molecule has 2 bridgehead atoms. The monoisotopic (exact) mass is 372 g/mol. The number of para-hydroxylation sites is 1. The van der Waals surface area contributed by atoms with Gasteiger partial charge in [-0.2, -0.15) is 0 Å². The number of rotatable bonds is 7. The van der Waals surface area contributed by atoms with Crippen LogP contribution in [0, 0.1) is 11.8 Å². The number of nitrogens with zero attached hydrogens (tertiary/aromatic N) is 2. The van der Waals surface area contributed by atoms with Gasteiger partial charge in [-0.25, -0.2) is 4.98 Å². The molecule has 2 saturated carbocycles. The quantitative estimate of drug-likeness (QED) is 0.729. The van der Waals surface area contributed by atoms with Crippen LogP contribution < -0.4 is 10.1 Å². The Balaban J connectivity index is 1.33. The summed E-state index contributed by atoms with van der Waals surface area (Å²) in [6.07, 6.45) is 5.06. The van der Waals surface area contributed by atoms with E-state index in [-0.39, 0.29) is 5.91 Å². The molecule has 7 heteroatoms. The Bertz CT molecular complexity index is 778. The van der Waals surface area contributed by atoms with E-state index in [9.17, 15) is 4.79 Å². The van der Waals surface area contributed by atoms with E-state index in [4.69, 9.17) is 4.74 Å². The van der Waals surface area contributed by atoms with Gasteiger partial charge >= 0.3 is 0 Å². The number of H-pyrrole nitrogens is 1. The van der Waals surface area contributed by atoms with E-state index in [2.05, 4.69) is 20.5 Å². The fourth-order valence-corrected chi connectivity index (χ4v) is 4.78. The summed E-state index contributed by atoms with van der Waals surface area (Å²) in [5, 5.41) is 11.0. The Hall–Kier alpha value is -2.02. The third-order valence-electron chi connectivity index (χ3n) is 5.32. The highest BCUT2D eigenvalue weighted by molar-refractivity contribution is 7.99. The highest BCUT2D eigenvalue weighted by Gasteiger charge is 2.40. The average Bonchev–Trinajstić information content (AvgIpc) is 3.38. The topological polar surface area (TPSA) is 79.9 Å². The first-order chi connectivity index (χ1) is 12.7. The van der Waals surface area contributed by atoms with Crippen LogP contribution in [0.4, 0.5) is 0 Å². The van der Waals surface area contributed by atoms with E-state index in [1.54, 1.807) is 0 Å². The first-order valence-electron chi connectivity index (χ1n) is 9.29. The number of benzene rings is 1. The Morgan fingerprint density at radius 3 is 3.00 bits per heavy atom. The number of hydrogen-bond acceptors (Lipinski definition) is 5. The van der Waals surface area contributed by atoms with E-state index in [0.717, 1.165) is 23.7 Å². The van der Waals surface area contributed by atoms with Gasteiger partial charge < -0.3 is 10.1 Å². The maximum Gasteiger partial charge on any atom is 0.230 e. The molecule has 26 heavy (non-hydrogen) atoms. The number of ether oxygens (including phenoxy) is 1. The SMILES string of the molecule is CCOc1ccccc1-c1nc(SCC(=O)N[C@H]2C[C@H]3CC[C@H]2C3)n[nH]1. The molecule has 1 amide bonds. The Labute approximate surface area is 157 Å². The number of hydrogen-bond donors (Lipinski definition) is 2. The van der Waals surface area contributed by atoms with Crippen molar-refractivity contribution in [3.05, 3.63) is 24.3 Å². The summed E-state index contributed by atoms with van der Waals surface area (Å²) >= 11 is 1.36. The number of fused-ring (bicyclic) bond motifs is 2. The van der Waals surface area contributed by atoms with E-state index in [1.165, 1.54) is 31.0 Å². The molecular weight excluding hydrogens is 348 g/mol. The molecule has 2 aliphatic rings. The van der Waals surface area contributed by atoms with Gasteiger partial charge in [0.25, 0.3) is 0 Å². The van der Waals surface area contributed by atoms with E-state index >= 15 is 0 Å². The van der Waals surface area contributed by atoms with Crippen molar-refractivity contribution >= 4 is 17.7 Å². The normalized spacial score (nSPS) is 24.0. The molecule has 2 N–H and O–H groups in total. The third kappa shape index (κ3) is 3.72. The first-order valence-corrected chi connectivity index (χ1v) is 10.3. The lowest BCUT2D eigenvalue weighted by Crippen LogP contribution is -2.39. The van der Waals surface area contributed by atoms with Gasteiger partial charge in [0.05, 0.1) is 17.9 Å². The molecular formula is C19H24N4O2S. The van der Waals surface area contributed by atoms with Gasteiger partial charge in [-0.1, -0.05) is 30.3 Å². The number of nitrogens with one attached hydrogen (secondary N) is 2. The fraction of sp³-hybridized carbons (Fsp3) is 0.526. The molecule has 3 atom stereocenters. The first kappa shape index (κ1) is 17.4. The predicted molar refractivity (Wildman–Crippen MR) is 101 cm³/mol. The molecule has 2 aromatic rings. The van der Waals surface area contributed by atoms with Crippen LogP contribution in [0.5, 0.6) is 5.75 Å². The Morgan fingerprint density at radius 1 is 1.35 bits per heavy atom. The van der Waals surface area contributed by atoms with Crippen LogP contribution in [0.1, 0.15) is 32.6 Å². The largest absolute Gasteiger partial charge is 0.493 e. The summed E-state index contributed by atoms with van der Waals surface area (Å²) in [5.41, 5.74) is 0.875. The van der Waals surface area contributed by atoms with Crippen molar-refractivity contribution in [3.63, 3.8) is 0 Å². The molecule has 0 radical (unpaired) electrons. The second kappa shape index (κ2) is 7.70. The standard InChI is InChI=1S/C19H24N4O2S/c1-2-25-16-6-4-3-5-14(16)18-21-19(23-22-18)26-11-17(24)20-15-10-12-7-8-13(15)9-12/h3-6,12-13,15H,2,7-11H2,1H3,(H,20,24)(H,21,22,23)/t12-,13-,15-/m0/s1. The van der Waals surface area contributed by atoms with Crippen LogP contribution in [0.15, 0.2) is 29.4 Å². The molecule has 2 fully saturated rings. The molecule has 0 unspecified atom stereocenters. The van der Waals surface area contributed by atoms with Crippen LogP contribution in [-0.2, 0) is 4.79 Å². The zero-order valence-corrected chi connectivity index (χ0v) is 15.7. The Kier molecular flexibility index (Phi) is 5.15. The minimum absolute atomic E-state index is 0.0774. The second-order valence-corrected chi connectivity index (χ2v) is 7.98. The number of thioether (sulfide) groups is 1. The van der Waals surface area contributed by atoms with Gasteiger partial charge in [-0.05, 0) is 50.2 Å². The van der Waals surface area contributed by atoms with Crippen LogP contribution in [0.3, 0.4) is 0 Å². The zero-order valence-electron chi connectivity index (χ0n) is 14.9. The molecule has 1 heterocycles. The van der Waals surface area contributed by atoms with Gasteiger partial charge in [-0.3, -0.25) is 9.89 Å². The van der Waals surface area contributed by atoms with Gasteiger partial charge in [0.2, 0.25) is 11.1 Å². The highest BCUT2D eigenvalue weighted by Crippen LogP contribution is 2.44. The molecule has 4 rings (SSSR count). The van der Waals surface area contributed by atoms with Gasteiger partial charge in [0, 0.05) is 6.04 Å². The van der Waals surface area contributed by atoms with Crippen molar-refractivity contribution in [1.29, 1.82) is 0 Å². The van der Waals surface area contributed by atoms with Crippen LogP contribution in [-0.4, -0.2) is 39.5 Å². The lowest BCUT2D eigenvalue weighted by Gasteiger charge is -2.22. The van der Waals surface area contributed by atoms with Crippen molar-refractivity contribution in [2.75, 3.05) is 12.4 Å². The number of carbonyl (C=O) groups is 1. The Morgan fingerprint density at radius 2 is 2.23 bits per heavy atom. The summed E-state index contributed by atoms with van der Waals surface area (Å²) in [6.45, 7) is 2.54. The lowest BCUT2D eigenvalue weighted by atomic mass is 9.95. The van der Waals surface area contributed by atoms with E-state index in [0.29, 0.717) is 35.3 Å². The minimum Gasteiger partial charge on any atom is -0.493 e. The molecule has 138 valence electrons. The fourth-order valence-electron chi connectivity index (χ4n) is 4.18. The van der Waals surface area contributed by atoms with Crippen molar-refractivity contribution < 1.29 is 9.53 Å². The molecule has 0 saturated heterocycles. The van der Waals surface area contributed by atoms with Crippen molar-refractivity contribution in [1.82, 2.24) is 20.5 Å². The summed E-state index contributed by atoms with van der Waals surface area (Å²) in [6, 6.07) is 8.11. The molecule has 0 spiro atoms. The average molecular weight is 372 g/mol. The van der Waals surface area contributed by atoms with Gasteiger partial charge in [-0.15, -0.1) is 5.10 Å². The maximum absolute atomic E-state index is 12.2. The van der Waals surface area contributed by atoms with Crippen molar-refractivity contribution in [3.8, 4) is 17.1 Å². The second-order valence-electron chi connectivity index (χ2n) is 7.03. The third-order valence-corrected chi connectivity index (χ3v) is 6.17. The molecule has 1 aromatic carbocycles. The molecule has 1 aromatic heterocycles. The molecule has 6 nitrogen and oxygen atoms in total. The van der Waals surface area contributed by atoms with Crippen LogP contribution in [0.25, 0.3) is 11.4 Å².